The molecule has 2 fully saturated rings. The molecule has 1 nitrogen and oxygen atoms in total. The number of hydrogen-bond donors (Lipinski definition) is 1. The second-order valence-electron chi connectivity index (χ2n) is 6.50. The summed E-state index contributed by atoms with van der Waals surface area (Å²) in [7, 11) is 0. The summed E-state index contributed by atoms with van der Waals surface area (Å²) < 4.78 is 0. The summed E-state index contributed by atoms with van der Waals surface area (Å²) in [6, 6.07) is 0.772. The molecule has 1 heterocycles. The first-order valence-corrected chi connectivity index (χ1v) is 7.54. The van der Waals surface area contributed by atoms with Crippen molar-refractivity contribution in [3.05, 3.63) is 0 Å². The van der Waals surface area contributed by atoms with Crippen LogP contribution in [0.5, 0.6) is 0 Å². The van der Waals surface area contributed by atoms with Crippen LogP contribution in [0, 0.1) is 17.3 Å². The van der Waals surface area contributed by atoms with Gasteiger partial charge in [0.05, 0.1) is 0 Å². The smallest absolute Gasteiger partial charge is 0.00930 e. The first-order chi connectivity index (χ1) is 7.56. The van der Waals surface area contributed by atoms with E-state index in [0.717, 1.165) is 23.6 Å². The zero-order valence-corrected chi connectivity index (χ0v) is 12.0. The second-order valence-corrected chi connectivity index (χ2v) is 6.82. The molecule has 0 aromatic heterocycles. The van der Waals surface area contributed by atoms with Gasteiger partial charge in [0.2, 0.25) is 0 Å². The van der Waals surface area contributed by atoms with Crippen molar-refractivity contribution in [3.63, 3.8) is 0 Å². The van der Waals surface area contributed by atoms with Gasteiger partial charge in [-0.1, -0.05) is 20.3 Å². The average molecular weight is 241 g/mol. The number of rotatable bonds is 3. The van der Waals surface area contributed by atoms with E-state index in [1.807, 2.05) is 0 Å². The van der Waals surface area contributed by atoms with Gasteiger partial charge in [0.15, 0.2) is 0 Å². The molecular formula is C14H27NS. The van der Waals surface area contributed by atoms with Crippen molar-refractivity contribution >= 4 is 12.6 Å². The van der Waals surface area contributed by atoms with E-state index in [0.29, 0.717) is 5.41 Å². The third-order valence-electron chi connectivity index (χ3n) is 5.01. The van der Waals surface area contributed by atoms with Gasteiger partial charge < -0.3 is 0 Å². The third-order valence-corrected chi connectivity index (χ3v) is 5.68. The van der Waals surface area contributed by atoms with Crippen LogP contribution in [0.25, 0.3) is 0 Å². The molecule has 0 radical (unpaired) electrons. The fourth-order valence-electron chi connectivity index (χ4n) is 3.52. The number of likely N-dealkylation sites (tertiary alicyclic amines) is 1. The Balaban J connectivity index is 1.97. The van der Waals surface area contributed by atoms with Gasteiger partial charge in [0.1, 0.15) is 0 Å². The van der Waals surface area contributed by atoms with Gasteiger partial charge in [-0.2, -0.15) is 12.6 Å². The maximum Gasteiger partial charge on any atom is 0.00930 e. The van der Waals surface area contributed by atoms with Crippen LogP contribution in [0.1, 0.15) is 46.5 Å². The SMILES string of the molecule is CC1CC(C)C(C)N(CC2(CS)CCC2)C1. The van der Waals surface area contributed by atoms with E-state index in [2.05, 4.69) is 38.3 Å². The van der Waals surface area contributed by atoms with Crippen LogP contribution in [0.4, 0.5) is 0 Å². The van der Waals surface area contributed by atoms with Crippen molar-refractivity contribution in [2.75, 3.05) is 18.8 Å². The Morgan fingerprint density at radius 1 is 1.25 bits per heavy atom. The van der Waals surface area contributed by atoms with Crippen LogP contribution in [0.2, 0.25) is 0 Å². The van der Waals surface area contributed by atoms with Crippen molar-refractivity contribution < 1.29 is 0 Å². The number of piperidine rings is 1. The van der Waals surface area contributed by atoms with Crippen molar-refractivity contribution in [1.82, 2.24) is 4.90 Å². The Hall–Kier alpha value is 0.310. The summed E-state index contributed by atoms with van der Waals surface area (Å²) in [5.41, 5.74) is 0.564. The monoisotopic (exact) mass is 241 g/mol. The first kappa shape index (κ1) is 12.8. The van der Waals surface area contributed by atoms with E-state index in [1.54, 1.807) is 0 Å². The van der Waals surface area contributed by atoms with E-state index in [9.17, 15) is 0 Å². The number of nitrogens with zero attached hydrogens (tertiary/aromatic N) is 1. The second kappa shape index (κ2) is 4.89. The maximum absolute atomic E-state index is 4.58. The molecule has 2 aliphatic rings. The molecule has 0 spiro atoms. The van der Waals surface area contributed by atoms with E-state index in [-0.39, 0.29) is 0 Å². The molecule has 16 heavy (non-hydrogen) atoms. The average Bonchev–Trinajstić information content (AvgIpc) is 2.18. The van der Waals surface area contributed by atoms with Crippen molar-refractivity contribution in [2.24, 2.45) is 17.3 Å². The highest BCUT2D eigenvalue weighted by Crippen LogP contribution is 2.43. The highest BCUT2D eigenvalue weighted by Gasteiger charge is 2.40. The lowest BCUT2D eigenvalue weighted by molar-refractivity contribution is 0.0141. The normalized spacial score (nSPS) is 39.4. The fraction of sp³-hybridized carbons (Fsp3) is 1.00. The van der Waals surface area contributed by atoms with Crippen LogP contribution in [-0.4, -0.2) is 29.8 Å². The predicted molar refractivity (Wildman–Crippen MR) is 74.1 cm³/mol. The molecule has 1 aliphatic carbocycles. The first-order valence-electron chi connectivity index (χ1n) is 6.91. The van der Waals surface area contributed by atoms with Crippen molar-refractivity contribution in [3.8, 4) is 0 Å². The van der Waals surface area contributed by atoms with Gasteiger partial charge in [0.25, 0.3) is 0 Å². The molecule has 2 rings (SSSR count). The summed E-state index contributed by atoms with van der Waals surface area (Å²) in [5, 5.41) is 0. The Morgan fingerprint density at radius 3 is 2.44 bits per heavy atom. The molecule has 0 aromatic rings. The van der Waals surface area contributed by atoms with Crippen LogP contribution in [0.15, 0.2) is 0 Å². The molecule has 0 bridgehead atoms. The molecule has 1 saturated carbocycles. The molecule has 94 valence electrons. The Kier molecular flexibility index (Phi) is 3.90. The fourth-order valence-corrected chi connectivity index (χ4v) is 3.93. The van der Waals surface area contributed by atoms with Crippen LogP contribution in [-0.2, 0) is 0 Å². The standard InChI is InChI=1S/C14H27NS/c1-11-7-12(2)13(3)15(8-11)9-14(10-16)5-4-6-14/h11-13,16H,4-10H2,1-3H3. The quantitative estimate of drug-likeness (QED) is 0.741. The van der Waals surface area contributed by atoms with Crippen molar-refractivity contribution in [1.29, 1.82) is 0 Å². The Labute approximate surface area is 106 Å². The van der Waals surface area contributed by atoms with Crippen LogP contribution >= 0.6 is 12.6 Å². The van der Waals surface area contributed by atoms with Crippen LogP contribution in [0.3, 0.4) is 0 Å². The van der Waals surface area contributed by atoms with E-state index in [1.165, 1.54) is 38.8 Å². The van der Waals surface area contributed by atoms with Gasteiger partial charge in [-0.25, -0.2) is 0 Å². The minimum atomic E-state index is 0.564. The largest absolute Gasteiger partial charge is 0.300 e. The van der Waals surface area contributed by atoms with E-state index < -0.39 is 0 Å². The molecule has 1 saturated heterocycles. The minimum absolute atomic E-state index is 0.564. The molecule has 0 N–H and O–H groups in total. The molecule has 0 aromatic carbocycles. The predicted octanol–water partition coefficient (Wildman–Crippen LogP) is 3.45. The highest BCUT2D eigenvalue weighted by molar-refractivity contribution is 7.80. The lowest BCUT2D eigenvalue weighted by Crippen LogP contribution is -2.52. The summed E-state index contributed by atoms with van der Waals surface area (Å²) in [6.07, 6.45) is 5.64. The van der Waals surface area contributed by atoms with E-state index in [4.69, 9.17) is 0 Å². The zero-order chi connectivity index (χ0) is 11.8. The molecular weight excluding hydrogens is 214 g/mol. The lowest BCUT2D eigenvalue weighted by atomic mass is 9.69. The summed E-state index contributed by atoms with van der Waals surface area (Å²) >= 11 is 4.58. The minimum Gasteiger partial charge on any atom is -0.300 e. The molecule has 1 aliphatic heterocycles. The zero-order valence-electron chi connectivity index (χ0n) is 11.1. The van der Waals surface area contributed by atoms with Gasteiger partial charge in [0, 0.05) is 19.1 Å². The summed E-state index contributed by atoms with van der Waals surface area (Å²) in [6.45, 7) is 9.85. The maximum atomic E-state index is 4.58. The molecule has 2 heteroatoms. The number of thiol groups is 1. The molecule has 0 amide bonds. The summed E-state index contributed by atoms with van der Waals surface area (Å²) in [5.74, 6) is 2.82. The van der Waals surface area contributed by atoms with Crippen LogP contribution < -0.4 is 0 Å². The highest BCUT2D eigenvalue weighted by atomic mass is 32.1. The summed E-state index contributed by atoms with van der Waals surface area (Å²) in [4.78, 5) is 2.74. The third kappa shape index (κ3) is 2.43. The van der Waals surface area contributed by atoms with E-state index >= 15 is 0 Å². The van der Waals surface area contributed by atoms with Gasteiger partial charge in [-0.05, 0) is 49.2 Å². The topological polar surface area (TPSA) is 3.24 Å². The number of hydrogen-bond acceptors (Lipinski definition) is 2. The lowest BCUT2D eigenvalue weighted by Gasteiger charge is -2.49. The molecule has 3 atom stereocenters. The van der Waals surface area contributed by atoms with Gasteiger partial charge in [-0.15, -0.1) is 0 Å². The Morgan fingerprint density at radius 2 is 1.94 bits per heavy atom. The van der Waals surface area contributed by atoms with Gasteiger partial charge >= 0.3 is 0 Å². The molecule has 3 unspecified atom stereocenters. The van der Waals surface area contributed by atoms with Crippen molar-refractivity contribution in [2.45, 2.75) is 52.5 Å². The Bertz CT molecular complexity index is 231. The van der Waals surface area contributed by atoms with Gasteiger partial charge in [-0.3, -0.25) is 4.90 Å².